The molecule has 0 saturated heterocycles. The van der Waals surface area contributed by atoms with E-state index < -0.39 is 5.82 Å². The lowest BCUT2D eigenvalue weighted by atomic mass is 10.3. The van der Waals surface area contributed by atoms with E-state index in [2.05, 4.69) is 37.7 Å². The predicted molar refractivity (Wildman–Crippen MR) is 82.6 cm³/mol. The maximum atomic E-state index is 13.5. The van der Waals surface area contributed by atoms with Gasteiger partial charge in [-0.2, -0.15) is 4.98 Å². The van der Waals surface area contributed by atoms with E-state index >= 15 is 0 Å². The van der Waals surface area contributed by atoms with E-state index in [4.69, 9.17) is 5.84 Å². The quantitative estimate of drug-likeness (QED) is 0.410. The molecule has 0 saturated carbocycles. The van der Waals surface area contributed by atoms with E-state index in [1.165, 1.54) is 0 Å². The number of benzene rings is 1. The van der Waals surface area contributed by atoms with Gasteiger partial charge in [-0.1, -0.05) is 18.2 Å². The largest absolute Gasteiger partial charge is 0.375 e. The van der Waals surface area contributed by atoms with Crippen molar-refractivity contribution in [1.29, 1.82) is 0 Å². The molecule has 0 bridgehead atoms. The van der Waals surface area contributed by atoms with Crippen LogP contribution in [0.1, 0.15) is 6.42 Å². The predicted octanol–water partition coefficient (Wildman–Crippen LogP) is 1.84. The van der Waals surface area contributed by atoms with Crippen LogP contribution in [0.5, 0.6) is 0 Å². The summed E-state index contributed by atoms with van der Waals surface area (Å²) in [5, 5.41) is 2.95. The molecule has 1 aromatic heterocycles. The summed E-state index contributed by atoms with van der Waals surface area (Å²) in [6.07, 6.45) is 1.93. The first-order valence-electron chi connectivity index (χ1n) is 6.70. The van der Waals surface area contributed by atoms with Gasteiger partial charge in [0.2, 0.25) is 5.95 Å². The molecule has 0 radical (unpaired) electrons. The number of nitrogen functional groups attached to an aromatic ring is 1. The molecule has 0 fully saturated rings. The zero-order valence-corrected chi connectivity index (χ0v) is 11.9. The van der Waals surface area contributed by atoms with Crippen LogP contribution >= 0.6 is 0 Å². The van der Waals surface area contributed by atoms with Gasteiger partial charge in [0, 0.05) is 25.8 Å². The summed E-state index contributed by atoms with van der Waals surface area (Å²) in [5.41, 5.74) is 3.44. The van der Waals surface area contributed by atoms with Gasteiger partial charge in [0.25, 0.3) is 0 Å². The van der Waals surface area contributed by atoms with E-state index in [1.807, 2.05) is 25.2 Å². The topological polar surface area (TPSA) is 79.1 Å². The van der Waals surface area contributed by atoms with E-state index in [0.717, 1.165) is 24.8 Å². The normalized spacial score (nSPS) is 10.2. The smallest absolute Gasteiger partial charge is 0.239 e. The molecule has 2 rings (SSSR count). The van der Waals surface area contributed by atoms with Crippen LogP contribution in [0.15, 0.2) is 36.5 Å². The summed E-state index contributed by atoms with van der Waals surface area (Å²) in [7, 11) is 2.02. The van der Waals surface area contributed by atoms with Crippen LogP contribution in [0.25, 0.3) is 0 Å². The van der Waals surface area contributed by atoms with Crippen LogP contribution in [0, 0.1) is 5.82 Å². The highest BCUT2D eigenvalue weighted by Gasteiger charge is 2.06. The Kier molecular flexibility index (Phi) is 5.28. The first-order valence-corrected chi connectivity index (χ1v) is 6.70. The lowest BCUT2D eigenvalue weighted by Gasteiger charge is -2.19. The number of nitrogens with zero attached hydrogens (tertiary/aromatic N) is 3. The monoisotopic (exact) mass is 290 g/mol. The van der Waals surface area contributed by atoms with Gasteiger partial charge in [-0.25, -0.2) is 15.2 Å². The lowest BCUT2D eigenvalue weighted by molar-refractivity contribution is 0.616. The summed E-state index contributed by atoms with van der Waals surface area (Å²) >= 11 is 0. The van der Waals surface area contributed by atoms with Crippen molar-refractivity contribution in [3.8, 4) is 0 Å². The molecule has 0 atom stereocenters. The maximum absolute atomic E-state index is 13.5. The molecule has 112 valence electrons. The zero-order chi connectivity index (χ0) is 15.1. The third kappa shape index (κ3) is 4.28. The fourth-order valence-corrected chi connectivity index (χ4v) is 1.90. The average Bonchev–Trinajstić information content (AvgIpc) is 2.53. The van der Waals surface area contributed by atoms with Gasteiger partial charge < -0.3 is 10.2 Å². The van der Waals surface area contributed by atoms with Crippen LogP contribution < -0.4 is 21.5 Å². The number of anilines is 3. The number of hydrogen-bond donors (Lipinski definition) is 3. The van der Waals surface area contributed by atoms with E-state index in [0.29, 0.717) is 6.54 Å². The highest BCUT2D eigenvalue weighted by Crippen LogP contribution is 2.13. The highest BCUT2D eigenvalue weighted by atomic mass is 19.1. The number of halogens is 1. The summed E-state index contributed by atoms with van der Waals surface area (Å²) < 4.78 is 13.5. The number of hydrogen-bond acceptors (Lipinski definition) is 6. The van der Waals surface area contributed by atoms with Crippen LogP contribution in [-0.4, -0.2) is 30.1 Å². The molecule has 1 heterocycles. The van der Waals surface area contributed by atoms with Crippen molar-refractivity contribution in [2.45, 2.75) is 6.42 Å². The molecule has 0 aliphatic rings. The Bertz CT molecular complexity index is 563. The van der Waals surface area contributed by atoms with Gasteiger partial charge in [-0.15, -0.1) is 0 Å². The first kappa shape index (κ1) is 15.0. The Hall–Kier alpha value is -2.41. The highest BCUT2D eigenvalue weighted by molar-refractivity contribution is 5.45. The Morgan fingerprint density at radius 3 is 2.76 bits per heavy atom. The van der Waals surface area contributed by atoms with Crippen LogP contribution in [-0.2, 0) is 0 Å². The van der Waals surface area contributed by atoms with E-state index in [1.54, 1.807) is 0 Å². The summed E-state index contributed by atoms with van der Waals surface area (Å²) in [6, 6.07) is 10.1. The number of hydrazine groups is 1. The van der Waals surface area contributed by atoms with E-state index in [-0.39, 0.29) is 11.8 Å². The third-order valence-corrected chi connectivity index (χ3v) is 3.03. The lowest BCUT2D eigenvalue weighted by Crippen LogP contribution is -2.21. The van der Waals surface area contributed by atoms with Crippen molar-refractivity contribution in [2.75, 3.05) is 35.8 Å². The second kappa shape index (κ2) is 7.39. The summed E-state index contributed by atoms with van der Waals surface area (Å²) in [4.78, 5) is 9.75. The fourth-order valence-electron chi connectivity index (χ4n) is 1.90. The molecule has 0 aliphatic carbocycles. The molecule has 0 aliphatic heterocycles. The van der Waals surface area contributed by atoms with Gasteiger partial charge in [-0.3, -0.25) is 5.43 Å². The van der Waals surface area contributed by atoms with Crippen LogP contribution in [0.3, 0.4) is 0 Å². The molecular formula is C14H19FN6. The maximum Gasteiger partial charge on any atom is 0.239 e. The minimum atomic E-state index is -0.495. The van der Waals surface area contributed by atoms with Gasteiger partial charge in [0.15, 0.2) is 11.6 Å². The molecule has 1 aromatic carbocycles. The molecular weight excluding hydrogens is 271 g/mol. The fraction of sp³-hybridized carbons (Fsp3) is 0.286. The molecule has 0 unspecified atom stereocenters. The van der Waals surface area contributed by atoms with Crippen molar-refractivity contribution in [3.05, 3.63) is 42.3 Å². The van der Waals surface area contributed by atoms with Crippen LogP contribution in [0.4, 0.5) is 21.8 Å². The number of rotatable bonds is 7. The second-order valence-corrected chi connectivity index (χ2v) is 4.57. The Morgan fingerprint density at radius 2 is 2.05 bits per heavy atom. The number of nitrogens with two attached hydrogens (primary N) is 1. The molecule has 6 nitrogen and oxygen atoms in total. The second-order valence-electron chi connectivity index (χ2n) is 4.57. The van der Waals surface area contributed by atoms with Crippen molar-refractivity contribution < 1.29 is 4.39 Å². The molecule has 7 heteroatoms. The van der Waals surface area contributed by atoms with Gasteiger partial charge in [0.1, 0.15) is 0 Å². The minimum Gasteiger partial charge on any atom is -0.375 e. The third-order valence-electron chi connectivity index (χ3n) is 3.03. The molecule has 4 N–H and O–H groups in total. The SMILES string of the molecule is CN(CCCNc1nc(NN)ncc1F)c1ccccc1. The Morgan fingerprint density at radius 1 is 1.29 bits per heavy atom. The van der Waals surface area contributed by atoms with Crippen molar-refractivity contribution in [1.82, 2.24) is 9.97 Å². The average molecular weight is 290 g/mol. The Balaban J connectivity index is 1.80. The number of para-hydroxylation sites is 1. The summed E-state index contributed by atoms with van der Waals surface area (Å²) in [5.74, 6) is 5.03. The zero-order valence-electron chi connectivity index (χ0n) is 11.9. The van der Waals surface area contributed by atoms with E-state index in [9.17, 15) is 4.39 Å². The number of nitrogens with one attached hydrogen (secondary N) is 2. The number of aromatic nitrogens is 2. The molecule has 0 spiro atoms. The standard InChI is InChI=1S/C14H19FN6/c1-21(11-6-3-2-4-7-11)9-5-8-17-13-12(15)10-18-14(19-13)20-16/h2-4,6-7,10H,5,8-9,16H2,1H3,(H2,17,18,19,20). The first-order chi connectivity index (χ1) is 10.2. The van der Waals surface area contributed by atoms with Crippen molar-refractivity contribution >= 4 is 17.5 Å². The van der Waals surface area contributed by atoms with Crippen LogP contribution in [0.2, 0.25) is 0 Å². The Labute approximate surface area is 123 Å². The molecule has 21 heavy (non-hydrogen) atoms. The molecule has 0 amide bonds. The van der Waals surface area contributed by atoms with Gasteiger partial charge >= 0.3 is 0 Å². The minimum absolute atomic E-state index is 0.153. The van der Waals surface area contributed by atoms with Crippen molar-refractivity contribution in [2.24, 2.45) is 5.84 Å². The molecule has 2 aromatic rings. The van der Waals surface area contributed by atoms with Gasteiger partial charge in [-0.05, 0) is 18.6 Å². The van der Waals surface area contributed by atoms with Gasteiger partial charge in [0.05, 0.1) is 6.20 Å². The van der Waals surface area contributed by atoms with Crippen molar-refractivity contribution in [3.63, 3.8) is 0 Å². The summed E-state index contributed by atoms with van der Waals surface area (Å²) in [6.45, 7) is 1.46.